The number of rotatable bonds is 5. The van der Waals surface area contributed by atoms with E-state index in [4.69, 9.17) is 9.47 Å². The van der Waals surface area contributed by atoms with Crippen molar-refractivity contribution in [1.82, 2.24) is 5.32 Å². The van der Waals surface area contributed by atoms with Gasteiger partial charge in [0.15, 0.2) is 0 Å². The van der Waals surface area contributed by atoms with Crippen LogP contribution in [0.25, 0.3) is 0 Å². The molecule has 1 aromatic carbocycles. The van der Waals surface area contributed by atoms with Crippen LogP contribution in [0.2, 0.25) is 0 Å². The molecule has 23 heavy (non-hydrogen) atoms. The summed E-state index contributed by atoms with van der Waals surface area (Å²) in [5, 5.41) is 13.4. The molecule has 1 unspecified atom stereocenters. The Balaban J connectivity index is 0.00000484. The largest absolute Gasteiger partial charge is 0.427 e. The lowest BCUT2D eigenvalue weighted by molar-refractivity contribution is -0.132. The molecule has 1 atom stereocenters. The molecule has 0 aliphatic heterocycles. The first-order valence-corrected chi connectivity index (χ1v) is 7.02. The second-order valence-electron chi connectivity index (χ2n) is 6.07. The van der Waals surface area contributed by atoms with E-state index in [0.29, 0.717) is 12.1 Å². The minimum Gasteiger partial charge on any atom is -0.427 e. The summed E-state index contributed by atoms with van der Waals surface area (Å²) in [6, 6.07) is 4.52. The van der Waals surface area contributed by atoms with Gasteiger partial charge in [-0.3, -0.25) is 9.59 Å². The SMILES string of the molecule is Br.CC(=O)Oc1cc(OC(C)=O)cc(C(O)CNC(C)(C)C)c1. The smallest absolute Gasteiger partial charge is 0.308 e. The van der Waals surface area contributed by atoms with Gasteiger partial charge in [-0.25, -0.2) is 0 Å². The normalized spacial score (nSPS) is 12.1. The van der Waals surface area contributed by atoms with Crippen molar-refractivity contribution in [1.29, 1.82) is 0 Å². The minimum absolute atomic E-state index is 0. The average Bonchev–Trinajstić information content (AvgIpc) is 2.32. The van der Waals surface area contributed by atoms with Crippen LogP contribution in [0.5, 0.6) is 11.5 Å². The fraction of sp³-hybridized carbons (Fsp3) is 0.500. The van der Waals surface area contributed by atoms with Gasteiger partial charge in [0.2, 0.25) is 0 Å². The number of hydrogen-bond donors (Lipinski definition) is 2. The standard InChI is InChI=1S/C16H23NO5.BrH/c1-10(18)21-13-6-12(7-14(8-13)22-11(2)19)15(20)9-17-16(3,4)5;/h6-8,15,17,20H,9H2,1-5H3;1H. The summed E-state index contributed by atoms with van der Waals surface area (Å²) in [4.78, 5) is 22.2. The zero-order chi connectivity index (χ0) is 16.9. The molecule has 0 aromatic heterocycles. The van der Waals surface area contributed by atoms with Gasteiger partial charge < -0.3 is 19.9 Å². The predicted octanol–water partition coefficient (Wildman–Crippen LogP) is 2.54. The van der Waals surface area contributed by atoms with Gasteiger partial charge in [0.25, 0.3) is 0 Å². The summed E-state index contributed by atoms with van der Waals surface area (Å²) in [5.41, 5.74) is 0.347. The minimum atomic E-state index is -0.830. The Bertz CT molecular complexity index is 520. The van der Waals surface area contributed by atoms with Crippen molar-refractivity contribution in [3.8, 4) is 11.5 Å². The first-order chi connectivity index (χ1) is 10.1. The summed E-state index contributed by atoms with van der Waals surface area (Å²) >= 11 is 0. The van der Waals surface area contributed by atoms with Crippen LogP contribution in [0.1, 0.15) is 46.3 Å². The van der Waals surface area contributed by atoms with Gasteiger partial charge in [-0.1, -0.05) is 0 Å². The number of hydrogen-bond acceptors (Lipinski definition) is 6. The predicted molar refractivity (Wildman–Crippen MR) is 92.1 cm³/mol. The second kappa shape index (κ2) is 9.00. The summed E-state index contributed by atoms with van der Waals surface area (Å²) < 4.78 is 10.0. The van der Waals surface area contributed by atoms with E-state index in [-0.39, 0.29) is 34.0 Å². The van der Waals surface area contributed by atoms with Gasteiger partial charge >= 0.3 is 11.9 Å². The number of aliphatic hydroxyl groups is 1. The van der Waals surface area contributed by atoms with Crippen LogP contribution in [0, 0.1) is 0 Å². The van der Waals surface area contributed by atoms with Gasteiger partial charge in [-0.2, -0.15) is 0 Å². The molecule has 1 aromatic rings. The summed E-state index contributed by atoms with van der Waals surface area (Å²) in [5.74, 6) is -0.548. The molecular formula is C16H24BrNO5. The molecule has 0 bridgehead atoms. The zero-order valence-corrected chi connectivity index (χ0v) is 15.7. The maximum absolute atomic E-state index is 11.1. The molecule has 0 heterocycles. The lowest BCUT2D eigenvalue weighted by Gasteiger charge is -2.23. The van der Waals surface area contributed by atoms with E-state index in [0.717, 1.165) is 0 Å². The monoisotopic (exact) mass is 389 g/mol. The highest BCUT2D eigenvalue weighted by Gasteiger charge is 2.16. The third-order valence-electron chi connectivity index (χ3n) is 2.64. The first kappa shape index (κ1) is 21.6. The van der Waals surface area contributed by atoms with Crippen molar-refractivity contribution in [2.45, 2.75) is 46.3 Å². The Morgan fingerprint density at radius 3 is 1.87 bits per heavy atom. The molecular weight excluding hydrogens is 366 g/mol. The summed E-state index contributed by atoms with van der Waals surface area (Å²) in [6.07, 6.45) is -0.830. The number of β-amino-alcohol motifs (C(OH)–C–C–N with tert-alkyl or cyclic N) is 1. The molecule has 2 N–H and O–H groups in total. The number of aliphatic hydroxyl groups excluding tert-OH is 1. The summed E-state index contributed by atoms with van der Waals surface area (Å²) in [7, 11) is 0. The van der Waals surface area contributed by atoms with E-state index in [1.807, 2.05) is 20.8 Å². The molecule has 0 saturated carbocycles. The van der Waals surface area contributed by atoms with Gasteiger partial charge in [0.1, 0.15) is 11.5 Å². The van der Waals surface area contributed by atoms with Crippen LogP contribution >= 0.6 is 17.0 Å². The van der Waals surface area contributed by atoms with Crippen LogP contribution in [0.15, 0.2) is 18.2 Å². The molecule has 6 nitrogen and oxygen atoms in total. The maximum atomic E-state index is 11.1. The van der Waals surface area contributed by atoms with Gasteiger partial charge in [-0.15, -0.1) is 17.0 Å². The number of halogens is 1. The number of ether oxygens (including phenoxy) is 2. The molecule has 0 spiro atoms. The number of carbonyl (C=O) groups is 2. The van der Waals surface area contributed by atoms with Crippen molar-refractivity contribution >= 4 is 28.9 Å². The van der Waals surface area contributed by atoms with Gasteiger partial charge in [0, 0.05) is 32.0 Å². The maximum Gasteiger partial charge on any atom is 0.308 e. The Kier molecular flexibility index (Phi) is 8.44. The molecule has 0 saturated heterocycles. The number of benzene rings is 1. The lowest BCUT2D eigenvalue weighted by Crippen LogP contribution is -2.38. The quantitative estimate of drug-likeness (QED) is 0.594. The van der Waals surface area contributed by atoms with E-state index in [1.54, 1.807) is 12.1 Å². The molecule has 1 rings (SSSR count). The highest BCUT2D eigenvalue weighted by Crippen LogP contribution is 2.27. The zero-order valence-electron chi connectivity index (χ0n) is 14.0. The average molecular weight is 390 g/mol. The van der Waals surface area contributed by atoms with Crippen LogP contribution in [-0.4, -0.2) is 29.1 Å². The van der Waals surface area contributed by atoms with E-state index in [1.165, 1.54) is 19.9 Å². The molecule has 0 aliphatic carbocycles. The number of carbonyl (C=O) groups excluding carboxylic acids is 2. The fourth-order valence-electron chi connectivity index (χ4n) is 1.76. The Morgan fingerprint density at radius 2 is 1.52 bits per heavy atom. The van der Waals surface area contributed by atoms with Crippen LogP contribution < -0.4 is 14.8 Å². The fourth-order valence-corrected chi connectivity index (χ4v) is 1.76. The third kappa shape index (κ3) is 8.68. The number of nitrogens with one attached hydrogen (secondary N) is 1. The van der Waals surface area contributed by atoms with E-state index in [9.17, 15) is 14.7 Å². The molecule has 0 amide bonds. The molecule has 7 heteroatoms. The van der Waals surface area contributed by atoms with E-state index >= 15 is 0 Å². The topological polar surface area (TPSA) is 84.9 Å². The Labute approximate surface area is 146 Å². The van der Waals surface area contributed by atoms with Crippen molar-refractivity contribution in [3.63, 3.8) is 0 Å². The third-order valence-corrected chi connectivity index (χ3v) is 2.64. The molecule has 0 radical (unpaired) electrons. The number of esters is 2. The van der Waals surface area contributed by atoms with Crippen molar-refractivity contribution in [2.24, 2.45) is 0 Å². The molecule has 130 valence electrons. The lowest BCUT2D eigenvalue weighted by atomic mass is 10.1. The van der Waals surface area contributed by atoms with Crippen molar-refractivity contribution in [2.75, 3.05) is 6.54 Å². The highest BCUT2D eigenvalue weighted by atomic mass is 79.9. The van der Waals surface area contributed by atoms with Crippen molar-refractivity contribution < 1.29 is 24.2 Å². The van der Waals surface area contributed by atoms with Gasteiger partial charge in [0.05, 0.1) is 6.10 Å². The van der Waals surface area contributed by atoms with E-state index in [2.05, 4.69) is 5.32 Å². The van der Waals surface area contributed by atoms with Crippen LogP contribution in [0.4, 0.5) is 0 Å². The Hall–Kier alpha value is -1.44. The highest BCUT2D eigenvalue weighted by molar-refractivity contribution is 8.93. The summed E-state index contributed by atoms with van der Waals surface area (Å²) in [6.45, 7) is 8.82. The van der Waals surface area contributed by atoms with Crippen molar-refractivity contribution in [3.05, 3.63) is 23.8 Å². The second-order valence-corrected chi connectivity index (χ2v) is 6.07. The van der Waals surface area contributed by atoms with Crippen LogP contribution in [-0.2, 0) is 9.59 Å². The first-order valence-electron chi connectivity index (χ1n) is 7.02. The molecule has 0 fully saturated rings. The van der Waals surface area contributed by atoms with Gasteiger partial charge in [-0.05, 0) is 38.5 Å². The Morgan fingerprint density at radius 1 is 1.09 bits per heavy atom. The van der Waals surface area contributed by atoms with E-state index < -0.39 is 18.0 Å². The van der Waals surface area contributed by atoms with Crippen LogP contribution in [0.3, 0.4) is 0 Å². The molecule has 0 aliphatic rings.